The van der Waals surface area contributed by atoms with Gasteiger partial charge >= 0.3 is 6.18 Å². The highest BCUT2D eigenvalue weighted by Crippen LogP contribution is 2.51. The Kier molecular flexibility index (Phi) is 11.0. The van der Waals surface area contributed by atoms with E-state index >= 15 is 0 Å². The number of halogens is 3. The van der Waals surface area contributed by atoms with Gasteiger partial charge in [-0.1, -0.05) is 70.4 Å². The Hall–Kier alpha value is -2.85. The second kappa shape index (κ2) is 14.3. The summed E-state index contributed by atoms with van der Waals surface area (Å²) in [6, 6.07) is 5.15. The summed E-state index contributed by atoms with van der Waals surface area (Å²) in [5, 5.41) is 2.96. The number of amides is 1. The molecule has 6 heteroatoms. The third kappa shape index (κ3) is 8.01. The van der Waals surface area contributed by atoms with E-state index in [-0.39, 0.29) is 40.1 Å². The van der Waals surface area contributed by atoms with Crippen LogP contribution in [0.5, 0.6) is 0 Å². The van der Waals surface area contributed by atoms with Crippen molar-refractivity contribution < 1.29 is 22.8 Å². The van der Waals surface area contributed by atoms with Crippen molar-refractivity contribution in [1.82, 2.24) is 5.32 Å². The molecule has 1 saturated carbocycles. The van der Waals surface area contributed by atoms with Gasteiger partial charge in [-0.15, -0.1) is 5.73 Å². The van der Waals surface area contributed by atoms with Gasteiger partial charge in [-0.3, -0.25) is 9.59 Å². The maximum atomic E-state index is 14.5. The third-order valence-corrected chi connectivity index (χ3v) is 10.0. The van der Waals surface area contributed by atoms with Crippen LogP contribution in [0.4, 0.5) is 13.2 Å². The maximum absolute atomic E-state index is 14.5. The molecule has 1 amide bonds. The molecule has 1 spiro atoms. The molecule has 0 heterocycles. The smallest absolute Gasteiger partial charge is 0.352 e. The van der Waals surface area contributed by atoms with Crippen LogP contribution in [0.3, 0.4) is 0 Å². The zero-order chi connectivity index (χ0) is 31.2. The van der Waals surface area contributed by atoms with Gasteiger partial charge in [-0.2, -0.15) is 13.2 Å². The SMILES string of the molecule is CCCCC(C1=CC=C(C(=O)NCCC)CC1)C1CC2(C=C=C(c3cccc(C(F)(F)F)c3)C1=O)CCC(C(C)C)CC2. The summed E-state index contributed by atoms with van der Waals surface area (Å²) in [5.41, 5.74) is 4.85. The lowest BCUT2D eigenvalue weighted by molar-refractivity contribution is -0.137. The van der Waals surface area contributed by atoms with Crippen LogP contribution < -0.4 is 5.32 Å². The lowest BCUT2D eigenvalue weighted by Crippen LogP contribution is -2.35. The van der Waals surface area contributed by atoms with Crippen LogP contribution in [0.2, 0.25) is 0 Å². The number of hydrogen-bond donors (Lipinski definition) is 1. The number of ketones is 1. The number of alkyl halides is 3. The fourth-order valence-electron chi connectivity index (χ4n) is 7.28. The first-order chi connectivity index (χ1) is 20.5. The summed E-state index contributed by atoms with van der Waals surface area (Å²) in [5.74, 6) is 0.720. The van der Waals surface area contributed by atoms with Crippen LogP contribution in [0.15, 0.2) is 59.4 Å². The molecule has 1 aromatic rings. The van der Waals surface area contributed by atoms with Crippen LogP contribution in [0.25, 0.3) is 5.57 Å². The minimum absolute atomic E-state index is 0.0299. The van der Waals surface area contributed by atoms with E-state index in [1.807, 2.05) is 19.1 Å². The first-order valence-corrected chi connectivity index (χ1v) is 16.4. The van der Waals surface area contributed by atoms with E-state index in [9.17, 15) is 22.8 Å². The minimum atomic E-state index is -4.49. The molecule has 2 atom stereocenters. The topological polar surface area (TPSA) is 46.2 Å². The number of carbonyl (C=O) groups excluding carboxylic acids is 2. The van der Waals surface area contributed by atoms with Gasteiger partial charge in [0.05, 0.1) is 11.1 Å². The molecule has 3 aliphatic rings. The number of allylic oxidation sites excluding steroid dienone is 4. The Bertz CT molecular complexity index is 1290. The summed E-state index contributed by atoms with van der Waals surface area (Å²) in [4.78, 5) is 27.2. The average molecular weight is 596 g/mol. The van der Waals surface area contributed by atoms with Crippen LogP contribution in [0, 0.1) is 29.1 Å². The van der Waals surface area contributed by atoms with Gasteiger partial charge < -0.3 is 5.32 Å². The summed E-state index contributed by atoms with van der Waals surface area (Å²) in [6.45, 7) is 9.34. The predicted molar refractivity (Wildman–Crippen MR) is 167 cm³/mol. The fraction of sp³-hybridized carbons (Fsp3) is 0.595. The van der Waals surface area contributed by atoms with Crippen LogP contribution in [0.1, 0.15) is 109 Å². The molecule has 1 N–H and O–H groups in total. The fourth-order valence-corrected chi connectivity index (χ4v) is 7.28. The molecule has 1 fully saturated rings. The average Bonchev–Trinajstić information content (AvgIpc) is 3.12. The molecule has 3 aliphatic carbocycles. The largest absolute Gasteiger partial charge is 0.416 e. The van der Waals surface area contributed by atoms with Gasteiger partial charge in [0.1, 0.15) is 0 Å². The van der Waals surface area contributed by atoms with Gasteiger partial charge in [0, 0.05) is 18.0 Å². The highest BCUT2D eigenvalue weighted by Gasteiger charge is 2.44. The molecule has 0 aliphatic heterocycles. The van der Waals surface area contributed by atoms with Crippen molar-refractivity contribution in [2.75, 3.05) is 6.54 Å². The van der Waals surface area contributed by atoms with Crippen molar-refractivity contribution in [3.8, 4) is 0 Å². The number of carbonyl (C=O) groups is 2. The Labute approximate surface area is 255 Å². The molecule has 3 nitrogen and oxygen atoms in total. The number of benzene rings is 1. The first-order valence-electron chi connectivity index (χ1n) is 16.4. The number of hydrogen-bond acceptors (Lipinski definition) is 2. The van der Waals surface area contributed by atoms with Gasteiger partial charge in [-0.25, -0.2) is 0 Å². The van der Waals surface area contributed by atoms with E-state index < -0.39 is 11.7 Å². The van der Waals surface area contributed by atoms with Gasteiger partial charge in [-0.05, 0) is 105 Å². The number of unbranched alkanes of at least 4 members (excludes halogenated alkanes) is 1. The van der Waals surface area contributed by atoms with E-state index in [1.165, 1.54) is 11.6 Å². The van der Waals surface area contributed by atoms with Crippen LogP contribution in [-0.2, 0) is 15.8 Å². The number of rotatable bonds is 10. The van der Waals surface area contributed by atoms with Crippen molar-refractivity contribution in [3.63, 3.8) is 0 Å². The second-order valence-electron chi connectivity index (χ2n) is 13.3. The molecule has 1 aromatic carbocycles. The zero-order valence-corrected chi connectivity index (χ0v) is 26.3. The lowest BCUT2D eigenvalue weighted by Gasteiger charge is -2.42. The molecule has 0 aromatic heterocycles. The molecule has 0 radical (unpaired) electrons. The molecule has 43 heavy (non-hydrogen) atoms. The van der Waals surface area contributed by atoms with Crippen molar-refractivity contribution in [2.45, 2.75) is 105 Å². The highest BCUT2D eigenvalue weighted by atomic mass is 19.4. The molecule has 4 rings (SSSR count). The van der Waals surface area contributed by atoms with Gasteiger partial charge in [0.2, 0.25) is 5.91 Å². The standard InChI is InChI=1S/C37H48F3NO2/c1-5-7-11-31(27-12-14-28(15-13-27)35(43)41-22-6-2)33-24-36(19-16-26(17-20-36)25(3)4)21-18-32(34(33)42)29-9-8-10-30(23-29)37(38,39)40/h8-10,12,14,21,23,25-26,31,33H,5-7,11,13,15-17,19-20,22,24H2,1-4H3,(H,41,43). The quantitative estimate of drug-likeness (QED) is 0.274. The second-order valence-corrected chi connectivity index (χ2v) is 13.3. The van der Waals surface area contributed by atoms with Crippen LogP contribution >= 0.6 is 0 Å². The van der Waals surface area contributed by atoms with E-state index in [0.717, 1.165) is 69.1 Å². The molecule has 0 bridgehead atoms. The normalized spacial score (nSPS) is 25.2. The Morgan fingerprint density at radius 3 is 2.44 bits per heavy atom. The Morgan fingerprint density at radius 1 is 1.09 bits per heavy atom. The highest BCUT2D eigenvalue weighted by molar-refractivity contribution is 6.22. The zero-order valence-electron chi connectivity index (χ0n) is 26.3. The molecule has 234 valence electrons. The van der Waals surface area contributed by atoms with E-state index in [4.69, 9.17) is 0 Å². The lowest BCUT2D eigenvalue weighted by atomic mass is 9.62. The minimum Gasteiger partial charge on any atom is -0.352 e. The van der Waals surface area contributed by atoms with Gasteiger partial charge in [0.25, 0.3) is 0 Å². The van der Waals surface area contributed by atoms with E-state index in [1.54, 1.807) is 6.07 Å². The van der Waals surface area contributed by atoms with Crippen molar-refractivity contribution in [2.24, 2.45) is 29.1 Å². The van der Waals surface area contributed by atoms with Crippen molar-refractivity contribution >= 4 is 17.3 Å². The van der Waals surface area contributed by atoms with E-state index in [0.29, 0.717) is 37.6 Å². The van der Waals surface area contributed by atoms with Crippen LogP contribution in [-0.4, -0.2) is 18.2 Å². The summed E-state index contributed by atoms with van der Waals surface area (Å²) < 4.78 is 41.0. The van der Waals surface area contributed by atoms with E-state index in [2.05, 4.69) is 37.9 Å². The predicted octanol–water partition coefficient (Wildman–Crippen LogP) is 9.64. The Morgan fingerprint density at radius 2 is 1.84 bits per heavy atom. The summed E-state index contributed by atoms with van der Waals surface area (Å²) >= 11 is 0. The molecular weight excluding hydrogens is 547 g/mol. The Balaban J connectivity index is 1.76. The number of nitrogens with one attached hydrogen (secondary N) is 1. The maximum Gasteiger partial charge on any atom is 0.416 e. The molecular formula is C37H48F3NO2. The molecule has 2 unspecified atom stereocenters. The first kappa shape index (κ1) is 33.1. The molecule has 0 saturated heterocycles. The van der Waals surface area contributed by atoms with Crippen molar-refractivity contribution in [1.29, 1.82) is 0 Å². The summed E-state index contributed by atoms with van der Waals surface area (Å²) in [6.07, 6.45) is 11.3. The summed E-state index contributed by atoms with van der Waals surface area (Å²) in [7, 11) is 0. The number of Topliss-reactive ketones (excluding diaryl/α,β-unsaturated/α-hetero) is 1. The third-order valence-electron chi connectivity index (χ3n) is 10.0. The van der Waals surface area contributed by atoms with Crippen molar-refractivity contribution in [3.05, 3.63) is 70.5 Å². The van der Waals surface area contributed by atoms with Gasteiger partial charge in [0.15, 0.2) is 5.78 Å². The monoisotopic (exact) mass is 595 g/mol.